The van der Waals surface area contributed by atoms with E-state index in [1.165, 1.54) is 6.92 Å². The van der Waals surface area contributed by atoms with Crippen molar-refractivity contribution in [2.75, 3.05) is 0 Å². The van der Waals surface area contributed by atoms with Crippen molar-refractivity contribution in [1.82, 2.24) is 0 Å². The van der Waals surface area contributed by atoms with Gasteiger partial charge in [0.15, 0.2) is 5.78 Å². The Morgan fingerprint density at radius 2 is 1.78 bits per heavy atom. The summed E-state index contributed by atoms with van der Waals surface area (Å²) in [5, 5.41) is -1.08. The Hall–Kier alpha value is -1.17. The molecule has 1 rings (SSSR count). The summed E-state index contributed by atoms with van der Waals surface area (Å²) < 4.78 is 62.4. The van der Waals surface area contributed by atoms with E-state index in [4.69, 9.17) is 11.6 Å². The number of rotatable bonds is 3. The maximum atomic E-state index is 12.5. The Morgan fingerprint density at radius 1 is 1.22 bits per heavy atom. The number of hydrogen-bond donors (Lipinski definition) is 0. The fourth-order valence-corrected chi connectivity index (χ4v) is 1.44. The van der Waals surface area contributed by atoms with Crippen LogP contribution in [0.3, 0.4) is 0 Å². The standard InChI is InChI=1S/C11H8ClF5O/c1-5(12)9(18)6-2-7(10(13)14)4-8(3-6)11(15,16)17/h2-5,10H,1H3. The topological polar surface area (TPSA) is 17.1 Å². The van der Waals surface area contributed by atoms with Crippen LogP contribution in [0.1, 0.15) is 34.8 Å². The van der Waals surface area contributed by atoms with Crippen molar-refractivity contribution in [2.45, 2.75) is 24.9 Å². The van der Waals surface area contributed by atoms with Gasteiger partial charge in [-0.2, -0.15) is 13.2 Å². The van der Waals surface area contributed by atoms with Gasteiger partial charge < -0.3 is 0 Å². The lowest BCUT2D eigenvalue weighted by Gasteiger charge is -2.12. The third kappa shape index (κ3) is 3.41. The molecular formula is C11H8ClF5O. The average Bonchev–Trinajstić information content (AvgIpc) is 2.26. The van der Waals surface area contributed by atoms with Crippen LogP contribution in [0.15, 0.2) is 18.2 Å². The van der Waals surface area contributed by atoms with Crippen LogP contribution in [-0.4, -0.2) is 11.2 Å². The molecule has 0 saturated carbocycles. The molecule has 100 valence electrons. The van der Waals surface area contributed by atoms with E-state index in [2.05, 4.69) is 0 Å². The third-order valence-electron chi connectivity index (χ3n) is 2.18. The molecule has 0 radical (unpaired) electrons. The second-order valence-electron chi connectivity index (χ2n) is 3.62. The first kappa shape index (κ1) is 14.9. The highest BCUT2D eigenvalue weighted by Crippen LogP contribution is 2.33. The molecule has 18 heavy (non-hydrogen) atoms. The normalized spacial score (nSPS) is 13.8. The molecule has 1 aromatic rings. The number of hydrogen-bond acceptors (Lipinski definition) is 1. The van der Waals surface area contributed by atoms with Gasteiger partial charge in [0, 0.05) is 11.1 Å². The van der Waals surface area contributed by atoms with E-state index in [0.29, 0.717) is 12.1 Å². The molecule has 1 aromatic carbocycles. The first-order valence-electron chi connectivity index (χ1n) is 4.81. The van der Waals surface area contributed by atoms with Gasteiger partial charge in [-0.25, -0.2) is 8.78 Å². The summed E-state index contributed by atoms with van der Waals surface area (Å²) in [7, 11) is 0. The summed E-state index contributed by atoms with van der Waals surface area (Å²) >= 11 is 5.44. The van der Waals surface area contributed by atoms with Crippen LogP contribution in [0.5, 0.6) is 0 Å². The van der Waals surface area contributed by atoms with Crippen molar-refractivity contribution in [3.05, 3.63) is 34.9 Å². The van der Waals surface area contributed by atoms with Crippen LogP contribution in [0, 0.1) is 0 Å². The summed E-state index contributed by atoms with van der Waals surface area (Å²) in [5.41, 5.74) is -2.62. The third-order valence-corrected chi connectivity index (χ3v) is 2.38. The van der Waals surface area contributed by atoms with E-state index in [1.807, 2.05) is 0 Å². The number of benzene rings is 1. The van der Waals surface area contributed by atoms with Crippen molar-refractivity contribution in [1.29, 1.82) is 0 Å². The lowest BCUT2D eigenvalue weighted by atomic mass is 10.0. The smallest absolute Gasteiger partial charge is 0.293 e. The zero-order chi connectivity index (χ0) is 14.1. The summed E-state index contributed by atoms with van der Waals surface area (Å²) in [6, 6.07) is 1.56. The Morgan fingerprint density at radius 3 is 2.17 bits per heavy atom. The van der Waals surface area contributed by atoms with Gasteiger partial charge in [0.2, 0.25) is 0 Å². The average molecular weight is 287 g/mol. The van der Waals surface area contributed by atoms with E-state index in [0.717, 1.165) is 6.07 Å². The molecule has 0 bridgehead atoms. The lowest BCUT2D eigenvalue weighted by molar-refractivity contribution is -0.137. The van der Waals surface area contributed by atoms with E-state index < -0.39 is 40.5 Å². The van der Waals surface area contributed by atoms with Crippen molar-refractivity contribution in [3.63, 3.8) is 0 Å². The SMILES string of the molecule is CC(Cl)C(=O)c1cc(C(F)F)cc(C(F)(F)F)c1. The largest absolute Gasteiger partial charge is 0.416 e. The van der Waals surface area contributed by atoms with Crippen LogP contribution in [0.4, 0.5) is 22.0 Å². The minimum atomic E-state index is -4.80. The molecule has 1 unspecified atom stereocenters. The van der Waals surface area contributed by atoms with Gasteiger partial charge in [-0.3, -0.25) is 4.79 Å². The second-order valence-corrected chi connectivity index (χ2v) is 4.28. The van der Waals surface area contributed by atoms with Crippen LogP contribution >= 0.6 is 11.6 Å². The minimum Gasteiger partial charge on any atom is -0.293 e. The first-order chi connectivity index (χ1) is 8.12. The molecule has 0 spiro atoms. The fourth-order valence-electron chi connectivity index (χ4n) is 1.31. The monoisotopic (exact) mass is 286 g/mol. The number of carbonyl (C=O) groups excluding carboxylic acids is 1. The number of Topliss-reactive ketones (excluding diaryl/α,β-unsaturated/α-hetero) is 1. The van der Waals surface area contributed by atoms with Gasteiger partial charge >= 0.3 is 6.18 Å². The molecule has 0 aliphatic carbocycles. The summed E-state index contributed by atoms with van der Waals surface area (Å²) in [5.74, 6) is -0.829. The van der Waals surface area contributed by atoms with Gasteiger partial charge in [-0.1, -0.05) is 0 Å². The van der Waals surface area contributed by atoms with Gasteiger partial charge in [0.25, 0.3) is 6.43 Å². The molecule has 1 atom stereocenters. The van der Waals surface area contributed by atoms with Gasteiger partial charge in [-0.05, 0) is 25.1 Å². The van der Waals surface area contributed by atoms with Crippen molar-refractivity contribution >= 4 is 17.4 Å². The summed E-state index contributed by atoms with van der Waals surface area (Å²) in [4.78, 5) is 11.5. The predicted octanol–water partition coefficient (Wildman–Crippen LogP) is 4.45. The predicted molar refractivity (Wildman–Crippen MR) is 56.0 cm³/mol. The van der Waals surface area contributed by atoms with Crippen LogP contribution in [-0.2, 0) is 6.18 Å². The number of ketones is 1. The second kappa shape index (κ2) is 5.22. The molecule has 0 aliphatic rings. The first-order valence-corrected chi connectivity index (χ1v) is 5.25. The molecule has 0 fully saturated rings. The Labute approximate surface area is 105 Å². The molecule has 0 amide bonds. The molecule has 0 heterocycles. The summed E-state index contributed by atoms with van der Waals surface area (Å²) in [6.07, 6.45) is -7.89. The molecule has 0 saturated heterocycles. The van der Waals surface area contributed by atoms with E-state index in [1.54, 1.807) is 0 Å². The number of alkyl halides is 6. The quantitative estimate of drug-likeness (QED) is 0.456. The van der Waals surface area contributed by atoms with Crippen molar-refractivity contribution < 1.29 is 26.7 Å². The van der Waals surface area contributed by atoms with Gasteiger partial charge in [0.1, 0.15) is 0 Å². The lowest BCUT2D eigenvalue weighted by Crippen LogP contribution is -2.14. The minimum absolute atomic E-state index is 0.320. The molecule has 7 heteroatoms. The highest BCUT2D eigenvalue weighted by atomic mass is 35.5. The Bertz CT molecular complexity index is 453. The zero-order valence-corrected chi connectivity index (χ0v) is 9.82. The van der Waals surface area contributed by atoms with Crippen molar-refractivity contribution in [2.24, 2.45) is 0 Å². The maximum Gasteiger partial charge on any atom is 0.416 e. The zero-order valence-electron chi connectivity index (χ0n) is 9.06. The number of carbonyl (C=O) groups is 1. The van der Waals surface area contributed by atoms with Crippen LogP contribution in [0.25, 0.3) is 0 Å². The maximum absolute atomic E-state index is 12.5. The summed E-state index contributed by atoms with van der Waals surface area (Å²) in [6.45, 7) is 1.26. The van der Waals surface area contributed by atoms with Gasteiger partial charge in [-0.15, -0.1) is 11.6 Å². The van der Waals surface area contributed by atoms with E-state index in [9.17, 15) is 26.7 Å². The van der Waals surface area contributed by atoms with Gasteiger partial charge in [0.05, 0.1) is 10.9 Å². The Kier molecular flexibility index (Phi) is 4.32. The molecule has 0 aliphatic heterocycles. The highest BCUT2D eigenvalue weighted by molar-refractivity contribution is 6.33. The molecule has 0 N–H and O–H groups in total. The highest BCUT2D eigenvalue weighted by Gasteiger charge is 2.32. The molecule has 1 nitrogen and oxygen atoms in total. The van der Waals surface area contributed by atoms with Crippen LogP contribution < -0.4 is 0 Å². The Balaban J connectivity index is 3.36. The molecular weight excluding hydrogens is 279 g/mol. The fraction of sp³-hybridized carbons (Fsp3) is 0.364. The van der Waals surface area contributed by atoms with E-state index >= 15 is 0 Å². The van der Waals surface area contributed by atoms with Crippen molar-refractivity contribution in [3.8, 4) is 0 Å². The number of halogens is 6. The molecule has 0 aromatic heterocycles. The van der Waals surface area contributed by atoms with Crippen LogP contribution in [0.2, 0.25) is 0 Å². The van der Waals surface area contributed by atoms with E-state index in [-0.39, 0.29) is 0 Å².